The number of benzene rings is 2. The van der Waals surface area contributed by atoms with Gasteiger partial charge >= 0.3 is 12.1 Å². The maximum Gasteiger partial charge on any atom is 0.407 e. The van der Waals surface area contributed by atoms with Crippen LogP contribution in [0.3, 0.4) is 0 Å². The molecule has 3 N–H and O–H groups in total. The molecule has 1 fully saturated rings. The molecule has 9 nitrogen and oxygen atoms in total. The highest BCUT2D eigenvalue weighted by atomic mass is 16.5. The number of carboxylic acid groups (broad SMARTS) is 1. The summed E-state index contributed by atoms with van der Waals surface area (Å²) in [6.45, 7) is 0.0320. The number of carbonyl (C=O) groups is 3. The molecular formula is C25H23N3O6. The number of amides is 2. The fourth-order valence-electron chi connectivity index (χ4n) is 4.58. The van der Waals surface area contributed by atoms with Crippen LogP contribution in [0, 0.1) is 0 Å². The third-order valence-electron chi connectivity index (χ3n) is 6.56. The van der Waals surface area contributed by atoms with Gasteiger partial charge in [0.25, 0.3) is 5.91 Å². The van der Waals surface area contributed by atoms with E-state index in [4.69, 9.17) is 9.15 Å². The molecule has 9 heteroatoms. The van der Waals surface area contributed by atoms with Crippen molar-refractivity contribution in [1.82, 2.24) is 15.6 Å². The number of nitrogens with zero attached hydrogens (tertiary/aromatic N) is 1. The van der Waals surface area contributed by atoms with Crippen LogP contribution in [0.15, 0.2) is 59.3 Å². The first kappa shape index (κ1) is 21.7. The van der Waals surface area contributed by atoms with Crippen molar-refractivity contribution in [2.24, 2.45) is 0 Å². The van der Waals surface area contributed by atoms with Crippen LogP contribution in [-0.4, -0.2) is 40.2 Å². The number of hydrogen-bond donors (Lipinski definition) is 3. The number of rotatable bonds is 7. The van der Waals surface area contributed by atoms with Crippen LogP contribution in [0.1, 0.15) is 52.6 Å². The normalized spacial score (nSPS) is 15.5. The number of nitrogens with one attached hydrogen (secondary N) is 2. The van der Waals surface area contributed by atoms with Crippen LogP contribution in [0.5, 0.6) is 0 Å². The van der Waals surface area contributed by atoms with E-state index in [1.807, 2.05) is 36.4 Å². The van der Waals surface area contributed by atoms with Crippen LogP contribution in [0.4, 0.5) is 4.79 Å². The smallest absolute Gasteiger partial charge is 0.407 e. The highest BCUT2D eigenvalue weighted by molar-refractivity contribution is 5.97. The molecule has 0 radical (unpaired) electrons. The van der Waals surface area contributed by atoms with Gasteiger partial charge in [-0.3, -0.25) is 4.79 Å². The Bertz CT molecular complexity index is 1220. The maximum absolute atomic E-state index is 12.6. The lowest BCUT2D eigenvalue weighted by Crippen LogP contribution is -2.59. The first-order valence-corrected chi connectivity index (χ1v) is 11.1. The molecule has 0 spiro atoms. The van der Waals surface area contributed by atoms with Crippen molar-refractivity contribution in [2.45, 2.75) is 37.3 Å². The van der Waals surface area contributed by atoms with E-state index < -0.39 is 23.5 Å². The van der Waals surface area contributed by atoms with Gasteiger partial charge in [-0.25, -0.2) is 14.6 Å². The molecule has 1 aromatic heterocycles. The number of carbonyl (C=O) groups excluding carboxylic acids is 2. The third-order valence-corrected chi connectivity index (χ3v) is 6.56. The predicted octanol–water partition coefficient (Wildman–Crippen LogP) is 3.45. The fourth-order valence-corrected chi connectivity index (χ4v) is 4.58. The van der Waals surface area contributed by atoms with Gasteiger partial charge < -0.3 is 24.9 Å². The molecule has 0 unspecified atom stereocenters. The second-order valence-corrected chi connectivity index (χ2v) is 8.50. The van der Waals surface area contributed by atoms with Crippen molar-refractivity contribution < 1.29 is 28.6 Å². The molecule has 0 saturated heterocycles. The molecule has 34 heavy (non-hydrogen) atoms. The van der Waals surface area contributed by atoms with Crippen LogP contribution in [-0.2, 0) is 16.1 Å². The summed E-state index contributed by atoms with van der Waals surface area (Å²) in [5.74, 6) is -1.68. The van der Waals surface area contributed by atoms with Gasteiger partial charge in [0.1, 0.15) is 12.1 Å². The number of oxazole rings is 1. The SMILES string of the molecule is O=C(NCc1ocnc1C(=O)NC1(C(=O)O)CCC1)OCC1c2ccccc2-c2ccccc21. The van der Waals surface area contributed by atoms with Gasteiger partial charge in [-0.1, -0.05) is 48.5 Å². The lowest BCUT2D eigenvalue weighted by atomic mass is 9.76. The first-order valence-electron chi connectivity index (χ1n) is 11.1. The summed E-state index contributed by atoms with van der Waals surface area (Å²) in [4.78, 5) is 40.4. The van der Waals surface area contributed by atoms with Gasteiger partial charge in [0.15, 0.2) is 17.8 Å². The highest BCUT2D eigenvalue weighted by Crippen LogP contribution is 2.44. The number of ether oxygens (including phenoxy) is 1. The van der Waals surface area contributed by atoms with Crippen molar-refractivity contribution in [3.05, 3.63) is 77.5 Å². The van der Waals surface area contributed by atoms with E-state index >= 15 is 0 Å². The molecule has 5 rings (SSSR count). The number of aliphatic carboxylic acids is 1. The van der Waals surface area contributed by atoms with Gasteiger partial charge in [0.05, 0.1) is 6.54 Å². The Kier molecular flexibility index (Phi) is 5.53. The minimum absolute atomic E-state index is 0.0635. The zero-order valence-corrected chi connectivity index (χ0v) is 18.2. The summed E-state index contributed by atoms with van der Waals surface area (Å²) >= 11 is 0. The monoisotopic (exact) mass is 461 g/mol. The number of aromatic nitrogens is 1. The lowest BCUT2D eigenvalue weighted by Gasteiger charge is -2.37. The van der Waals surface area contributed by atoms with Crippen molar-refractivity contribution >= 4 is 18.0 Å². The topological polar surface area (TPSA) is 131 Å². The summed E-state index contributed by atoms with van der Waals surface area (Å²) in [6, 6.07) is 16.1. The van der Waals surface area contributed by atoms with Crippen LogP contribution in [0.25, 0.3) is 11.1 Å². The molecule has 2 aliphatic rings. The Morgan fingerprint density at radius 2 is 1.71 bits per heavy atom. The first-order chi connectivity index (χ1) is 16.5. The van der Waals surface area contributed by atoms with Gasteiger partial charge in [-0.05, 0) is 41.5 Å². The highest BCUT2D eigenvalue weighted by Gasteiger charge is 2.46. The fraction of sp³-hybridized carbons (Fsp3) is 0.280. The van der Waals surface area contributed by atoms with Crippen molar-refractivity contribution in [2.75, 3.05) is 6.61 Å². The predicted molar refractivity (Wildman–Crippen MR) is 120 cm³/mol. The van der Waals surface area contributed by atoms with E-state index in [-0.39, 0.29) is 30.5 Å². The van der Waals surface area contributed by atoms with Crippen molar-refractivity contribution in [3.8, 4) is 11.1 Å². The summed E-state index contributed by atoms with van der Waals surface area (Å²) in [5.41, 5.74) is 3.15. The minimum Gasteiger partial charge on any atom is -0.480 e. The zero-order chi connectivity index (χ0) is 23.7. The van der Waals surface area contributed by atoms with Crippen LogP contribution >= 0.6 is 0 Å². The molecule has 3 aromatic rings. The summed E-state index contributed by atoms with van der Waals surface area (Å²) in [5, 5.41) is 14.5. The Labute approximate surface area is 195 Å². The maximum atomic E-state index is 12.6. The standard InChI is InChI=1S/C25H23N3O6/c29-22(28-25(23(30)31)10-5-11-25)21-20(34-14-27-21)12-26-24(32)33-13-19-17-8-3-1-6-15(17)16-7-2-4-9-18(16)19/h1-4,6-9,14,19H,5,10-13H2,(H,26,32)(H,28,29)(H,30,31). The molecule has 1 heterocycles. The van der Waals surface area contributed by atoms with E-state index in [2.05, 4.69) is 27.8 Å². The van der Waals surface area contributed by atoms with Gasteiger partial charge in [-0.15, -0.1) is 0 Å². The molecule has 0 bridgehead atoms. The number of carboxylic acids is 1. The van der Waals surface area contributed by atoms with E-state index in [9.17, 15) is 19.5 Å². The molecule has 2 aliphatic carbocycles. The van der Waals surface area contributed by atoms with Crippen LogP contribution in [0.2, 0.25) is 0 Å². The largest absolute Gasteiger partial charge is 0.480 e. The van der Waals surface area contributed by atoms with E-state index in [1.54, 1.807) is 0 Å². The quantitative estimate of drug-likeness (QED) is 0.491. The van der Waals surface area contributed by atoms with Crippen molar-refractivity contribution in [3.63, 3.8) is 0 Å². The Balaban J connectivity index is 1.20. The average molecular weight is 461 g/mol. The summed E-state index contributed by atoms with van der Waals surface area (Å²) < 4.78 is 10.7. The van der Waals surface area contributed by atoms with Gasteiger partial charge in [0, 0.05) is 5.92 Å². The Morgan fingerprint density at radius 1 is 1.06 bits per heavy atom. The average Bonchev–Trinajstić information content (AvgIpc) is 3.41. The summed E-state index contributed by atoms with van der Waals surface area (Å²) in [7, 11) is 0. The molecule has 2 aromatic carbocycles. The number of alkyl carbamates (subject to hydrolysis) is 1. The lowest BCUT2D eigenvalue weighted by molar-refractivity contribution is -0.148. The molecule has 2 amide bonds. The number of hydrogen-bond acceptors (Lipinski definition) is 6. The van der Waals surface area contributed by atoms with Crippen molar-refractivity contribution in [1.29, 1.82) is 0 Å². The van der Waals surface area contributed by atoms with E-state index in [1.165, 1.54) is 0 Å². The second-order valence-electron chi connectivity index (χ2n) is 8.50. The molecule has 1 saturated carbocycles. The van der Waals surface area contributed by atoms with E-state index in [0.717, 1.165) is 35.1 Å². The molecule has 0 atom stereocenters. The number of fused-ring (bicyclic) bond motifs is 3. The minimum atomic E-state index is -1.27. The van der Waals surface area contributed by atoms with E-state index in [0.29, 0.717) is 12.8 Å². The van der Waals surface area contributed by atoms with Gasteiger partial charge in [-0.2, -0.15) is 0 Å². The molecule has 0 aliphatic heterocycles. The third kappa shape index (κ3) is 3.79. The molecule has 174 valence electrons. The van der Waals surface area contributed by atoms with Crippen LogP contribution < -0.4 is 10.6 Å². The zero-order valence-electron chi connectivity index (χ0n) is 18.2. The molecular weight excluding hydrogens is 438 g/mol. The van der Waals surface area contributed by atoms with Gasteiger partial charge in [0.2, 0.25) is 0 Å². The second kappa shape index (κ2) is 8.66. The Hall–Kier alpha value is -4.14. The summed E-state index contributed by atoms with van der Waals surface area (Å²) in [6.07, 6.45) is 1.86. The Morgan fingerprint density at radius 3 is 2.29 bits per heavy atom.